The number of nitrogens with zero attached hydrogens (tertiary/aromatic N) is 6. The zero-order valence-corrected chi connectivity index (χ0v) is 13.9. The first kappa shape index (κ1) is 15.9. The molecule has 3 rings (SSSR count). The van der Waals surface area contributed by atoms with Gasteiger partial charge in [0.05, 0.1) is 6.54 Å². The Kier molecular flexibility index (Phi) is 4.56. The van der Waals surface area contributed by atoms with E-state index in [-0.39, 0.29) is 6.04 Å². The summed E-state index contributed by atoms with van der Waals surface area (Å²) in [6.45, 7) is 3.77. The Morgan fingerprint density at radius 2 is 2.17 bits per heavy atom. The van der Waals surface area contributed by atoms with Crippen LogP contribution in [-0.2, 0) is 13.6 Å². The van der Waals surface area contributed by atoms with Crippen LogP contribution in [0.2, 0.25) is 0 Å². The summed E-state index contributed by atoms with van der Waals surface area (Å²) in [5, 5.41) is 0. The lowest BCUT2D eigenvalue weighted by atomic mass is 10.2. The van der Waals surface area contributed by atoms with Crippen molar-refractivity contribution in [2.45, 2.75) is 32.1 Å². The van der Waals surface area contributed by atoms with E-state index in [0.29, 0.717) is 32.0 Å². The predicted molar refractivity (Wildman–Crippen MR) is 87.0 cm³/mol. The van der Waals surface area contributed by atoms with Gasteiger partial charge in [-0.3, -0.25) is 4.90 Å². The molecule has 0 saturated carbocycles. The maximum Gasteiger partial charge on any atom is 0.225 e. The van der Waals surface area contributed by atoms with E-state index in [0.717, 1.165) is 11.5 Å². The number of likely N-dealkylation sites (tertiary alicyclic amines) is 1. The van der Waals surface area contributed by atoms with E-state index in [1.54, 1.807) is 12.4 Å². The van der Waals surface area contributed by atoms with Crippen LogP contribution in [0.5, 0.6) is 0 Å². The average molecular weight is 318 g/mol. The number of anilines is 1. The molecule has 1 fully saturated rings. The Balaban J connectivity index is 1.68. The zero-order chi connectivity index (χ0) is 16.4. The molecule has 3 heterocycles. The van der Waals surface area contributed by atoms with Crippen LogP contribution in [0.3, 0.4) is 0 Å². The molecule has 2 aromatic heterocycles. The van der Waals surface area contributed by atoms with Crippen molar-refractivity contribution in [2.24, 2.45) is 7.05 Å². The van der Waals surface area contributed by atoms with E-state index in [1.807, 2.05) is 42.7 Å². The molecular formula is C16H23FN6. The number of hydrogen-bond donors (Lipinski definition) is 0. The number of aromatic nitrogens is 4. The fourth-order valence-electron chi connectivity index (χ4n) is 3.05. The van der Waals surface area contributed by atoms with Crippen molar-refractivity contribution in [3.63, 3.8) is 0 Å². The molecule has 124 valence electrons. The van der Waals surface area contributed by atoms with Gasteiger partial charge < -0.3 is 9.47 Å². The van der Waals surface area contributed by atoms with Crippen molar-refractivity contribution < 1.29 is 4.39 Å². The maximum absolute atomic E-state index is 14.0. The second kappa shape index (κ2) is 6.62. The summed E-state index contributed by atoms with van der Waals surface area (Å²) >= 11 is 0. The highest BCUT2D eigenvalue weighted by atomic mass is 19.1. The molecule has 0 N–H and O–H groups in total. The van der Waals surface area contributed by atoms with Crippen LogP contribution in [0.25, 0.3) is 0 Å². The molecule has 1 saturated heterocycles. The number of rotatable bonds is 5. The molecule has 0 aromatic carbocycles. The monoisotopic (exact) mass is 318 g/mol. The molecule has 2 aromatic rings. The van der Waals surface area contributed by atoms with Crippen molar-refractivity contribution in [1.29, 1.82) is 0 Å². The lowest BCUT2D eigenvalue weighted by Crippen LogP contribution is -2.39. The van der Waals surface area contributed by atoms with Gasteiger partial charge >= 0.3 is 0 Å². The molecule has 0 radical (unpaired) electrons. The summed E-state index contributed by atoms with van der Waals surface area (Å²) in [4.78, 5) is 17.3. The van der Waals surface area contributed by atoms with Gasteiger partial charge in [-0.2, -0.15) is 0 Å². The van der Waals surface area contributed by atoms with E-state index >= 15 is 0 Å². The molecule has 6 nitrogen and oxygen atoms in total. The van der Waals surface area contributed by atoms with Gasteiger partial charge in [0.15, 0.2) is 0 Å². The van der Waals surface area contributed by atoms with Gasteiger partial charge in [-0.05, 0) is 19.4 Å². The first-order chi connectivity index (χ1) is 11.0. The molecule has 0 amide bonds. The summed E-state index contributed by atoms with van der Waals surface area (Å²) in [5.74, 6) is 1.64. The van der Waals surface area contributed by atoms with Crippen LogP contribution in [-0.4, -0.2) is 56.8 Å². The van der Waals surface area contributed by atoms with Crippen molar-refractivity contribution in [1.82, 2.24) is 24.4 Å². The third kappa shape index (κ3) is 3.67. The van der Waals surface area contributed by atoms with Gasteiger partial charge in [0, 0.05) is 57.5 Å². The van der Waals surface area contributed by atoms with Crippen LogP contribution >= 0.6 is 0 Å². The molecule has 1 aliphatic rings. The van der Waals surface area contributed by atoms with E-state index in [1.165, 1.54) is 0 Å². The Labute approximate surface area is 136 Å². The van der Waals surface area contributed by atoms with Crippen LogP contribution in [0.1, 0.15) is 17.9 Å². The minimum absolute atomic E-state index is 0.135. The summed E-state index contributed by atoms with van der Waals surface area (Å²) in [7, 11) is 3.92. The second-order valence-corrected chi connectivity index (χ2v) is 6.25. The molecule has 0 spiro atoms. The smallest absolute Gasteiger partial charge is 0.225 e. The molecule has 2 atom stereocenters. The Bertz CT molecular complexity index is 658. The highest BCUT2D eigenvalue weighted by molar-refractivity contribution is 5.29. The largest absolute Gasteiger partial charge is 0.342 e. The molecule has 0 unspecified atom stereocenters. The van der Waals surface area contributed by atoms with Gasteiger partial charge in [-0.1, -0.05) is 0 Å². The van der Waals surface area contributed by atoms with Crippen LogP contribution < -0.4 is 4.90 Å². The first-order valence-electron chi connectivity index (χ1n) is 7.88. The third-order valence-electron chi connectivity index (χ3n) is 4.35. The van der Waals surface area contributed by atoms with E-state index in [9.17, 15) is 4.39 Å². The van der Waals surface area contributed by atoms with Crippen LogP contribution in [0.15, 0.2) is 24.7 Å². The lowest BCUT2D eigenvalue weighted by molar-refractivity contribution is 0.229. The average Bonchev–Trinajstić information content (AvgIpc) is 3.06. The van der Waals surface area contributed by atoms with Gasteiger partial charge in [0.25, 0.3) is 0 Å². The fraction of sp³-hybridized carbons (Fsp3) is 0.562. The summed E-state index contributed by atoms with van der Waals surface area (Å²) in [6, 6.07) is 2.01. The molecular weight excluding hydrogens is 295 g/mol. The topological polar surface area (TPSA) is 50.1 Å². The predicted octanol–water partition coefficient (Wildman–Crippen LogP) is 1.57. The van der Waals surface area contributed by atoms with Gasteiger partial charge in [0.2, 0.25) is 5.95 Å². The van der Waals surface area contributed by atoms with Gasteiger partial charge in [-0.25, -0.2) is 19.3 Å². The summed E-state index contributed by atoms with van der Waals surface area (Å²) in [5.41, 5.74) is 0.932. The van der Waals surface area contributed by atoms with E-state index < -0.39 is 6.17 Å². The van der Waals surface area contributed by atoms with Crippen LogP contribution in [0.4, 0.5) is 10.3 Å². The van der Waals surface area contributed by atoms with E-state index in [4.69, 9.17) is 0 Å². The van der Waals surface area contributed by atoms with E-state index in [2.05, 4.69) is 19.9 Å². The quantitative estimate of drug-likeness (QED) is 0.837. The second-order valence-electron chi connectivity index (χ2n) is 6.25. The Hall–Kier alpha value is -2.02. The van der Waals surface area contributed by atoms with Crippen molar-refractivity contribution in [3.8, 4) is 0 Å². The Morgan fingerprint density at radius 1 is 1.35 bits per heavy atom. The molecule has 23 heavy (non-hydrogen) atoms. The minimum atomic E-state index is -0.785. The van der Waals surface area contributed by atoms with Gasteiger partial charge in [-0.15, -0.1) is 0 Å². The molecule has 0 bridgehead atoms. The number of likely N-dealkylation sites (N-methyl/N-ethyl adjacent to an activating group) is 1. The number of hydrogen-bond acceptors (Lipinski definition) is 5. The Morgan fingerprint density at radius 3 is 2.87 bits per heavy atom. The normalized spacial score (nSPS) is 21.7. The van der Waals surface area contributed by atoms with Gasteiger partial charge in [0.1, 0.15) is 12.0 Å². The first-order valence-corrected chi connectivity index (χ1v) is 7.88. The van der Waals surface area contributed by atoms with Crippen LogP contribution in [0, 0.1) is 6.92 Å². The molecule has 0 aliphatic carbocycles. The number of halogens is 1. The maximum atomic E-state index is 14.0. The SMILES string of the molecule is Cc1ccnc(N(C)C[C@@H]2C[C@H](F)CN2Cc2nccn2C)n1. The highest BCUT2D eigenvalue weighted by Crippen LogP contribution is 2.23. The summed E-state index contributed by atoms with van der Waals surface area (Å²) in [6.07, 6.45) is 5.21. The third-order valence-corrected chi connectivity index (χ3v) is 4.35. The van der Waals surface area contributed by atoms with Crippen molar-refractivity contribution in [3.05, 3.63) is 36.2 Å². The zero-order valence-electron chi connectivity index (χ0n) is 13.9. The number of aryl methyl sites for hydroxylation is 2. The summed E-state index contributed by atoms with van der Waals surface area (Å²) < 4.78 is 15.9. The van der Waals surface area contributed by atoms with Crippen molar-refractivity contribution >= 4 is 5.95 Å². The fourth-order valence-corrected chi connectivity index (χ4v) is 3.05. The highest BCUT2D eigenvalue weighted by Gasteiger charge is 2.33. The number of imidazole rings is 1. The molecule has 7 heteroatoms. The molecule has 1 aliphatic heterocycles. The van der Waals surface area contributed by atoms with Crippen molar-refractivity contribution in [2.75, 3.05) is 25.0 Å². The minimum Gasteiger partial charge on any atom is -0.342 e. The number of alkyl halides is 1. The lowest BCUT2D eigenvalue weighted by Gasteiger charge is -2.28. The standard InChI is InChI=1S/C16H23FN6/c1-12-4-5-19-16(20-12)22(3)10-14-8-13(17)9-23(14)11-15-18-6-7-21(15)2/h4-7,13-14H,8-11H2,1-3H3/t13-,14-/m0/s1.